The number of anilines is 1. The Hall–Kier alpha value is -1.42. The second-order valence-corrected chi connectivity index (χ2v) is 4.79. The average molecular weight is 435 g/mol. The van der Waals surface area contributed by atoms with Crippen molar-refractivity contribution < 1.29 is 9.53 Å². The Morgan fingerprint density at radius 3 is 2.65 bits per heavy atom. The van der Waals surface area contributed by atoms with Gasteiger partial charge in [0.1, 0.15) is 5.82 Å². The lowest BCUT2D eigenvalue weighted by molar-refractivity contribution is -0.116. The summed E-state index contributed by atoms with van der Waals surface area (Å²) in [6, 6.07) is 3.70. The SMILES string of the molecule is CN=C(NCCCOC)NCCC(=O)Nc1ccc(C)cn1.I. The number of nitrogens with one attached hydrogen (secondary N) is 3. The summed E-state index contributed by atoms with van der Waals surface area (Å²) in [5, 5.41) is 8.99. The predicted molar refractivity (Wildman–Crippen MR) is 103 cm³/mol. The molecule has 1 heterocycles. The molecule has 0 bridgehead atoms. The normalized spacial score (nSPS) is 10.7. The zero-order chi connectivity index (χ0) is 16.2. The number of ether oxygens (including phenoxy) is 1. The van der Waals surface area contributed by atoms with E-state index in [4.69, 9.17) is 4.74 Å². The summed E-state index contributed by atoms with van der Waals surface area (Å²) in [7, 11) is 3.37. The highest BCUT2D eigenvalue weighted by molar-refractivity contribution is 14.0. The van der Waals surface area contributed by atoms with Gasteiger partial charge in [0.15, 0.2) is 5.96 Å². The number of guanidine groups is 1. The monoisotopic (exact) mass is 435 g/mol. The van der Waals surface area contributed by atoms with Crippen LogP contribution in [-0.2, 0) is 9.53 Å². The molecule has 0 aliphatic rings. The Bertz CT molecular complexity index is 479. The topological polar surface area (TPSA) is 87.6 Å². The van der Waals surface area contributed by atoms with Gasteiger partial charge >= 0.3 is 0 Å². The van der Waals surface area contributed by atoms with Crippen LogP contribution in [0.25, 0.3) is 0 Å². The molecule has 0 spiro atoms. The van der Waals surface area contributed by atoms with Gasteiger partial charge < -0.3 is 20.7 Å². The molecule has 130 valence electrons. The lowest BCUT2D eigenvalue weighted by atomic mass is 10.3. The summed E-state index contributed by atoms with van der Waals surface area (Å²) < 4.78 is 4.97. The third kappa shape index (κ3) is 10.1. The Kier molecular flexibility index (Phi) is 12.3. The van der Waals surface area contributed by atoms with Crippen LogP contribution in [0.3, 0.4) is 0 Å². The highest BCUT2D eigenvalue weighted by atomic mass is 127. The number of aryl methyl sites for hydroxylation is 1. The van der Waals surface area contributed by atoms with Gasteiger partial charge in [0.2, 0.25) is 5.91 Å². The van der Waals surface area contributed by atoms with Gasteiger partial charge in [-0.25, -0.2) is 4.98 Å². The first kappa shape index (κ1) is 21.6. The van der Waals surface area contributed by atoms with E-state index in [0.717, 1.165) is 18.5 Å². The van der Waals surface area contributed by atoms with Crippen molar-refractivity contribution in [2.45, 2.75) is 19.8 Å². The molecule has 0 unspecified atom stereocenters. The Balaban J connectivity index is 0.00000484. The number of hydrogen-bond acceptors (Lipinski definition) is 4. The average Bonchev–Trinajstić information content (AvgIpc) is 2.52. The minimum Gasteiger partial charge on any atom is -0.385 e. The molecule has 1 rings (SSSR count). The molecule has 0 aliphatic heterocycles. The third-order valence-electron chi connectivity index (χ3n) is 2.86. The zero-order valence-electron chi connectivity index (χ0n) is 13.9. The van der Waals surface area contributed by atoms with Crippen LogP contribution in [0.5, 0.6) is 0 Å². The number of methoxy groups -OCH3 is 1. The molecule has 0 saturated heterocycles. The molecule has 1 amide bonds. The highest BCUT2D eigenvalue weighted by Crippen LogP contribution is 2.03. The number of amides is 1. The molecule has 23 heavy (non-hydrogen) atoms. The Morgan fingerprint density at radius 2 is 2.04 bits per heavy atom. The van der Waals surface area contributed by atoms with Crippen LogP contribution in [0.1, 0.15) is 18.4 Å². The van der Waals surface area contributed by atoms with Crippen LogP contribution < -0.4 is 16.0 Å². The van der Waals surface area contributed by atoms with E-state index in [1.165, 1.54) is 0 Å². The summed E-state index contributed by atoms with van der Waals surface area (Å²) in [5.41, 5.74) is 1.06. The van der Waals surface area contributed by atoms with Crippen LogP contribution in [0.2, 0.25) is 0 Å². The maximum Gasteiger partial charge on any atom is 0.227 e. The maximum atomic E-state index is 11.8. The van der Waals surface area contributed by atoms with Gasteiger partial charge in [-0.1, -0.05) is 6.07 Å². The molecular formula is C15H26IN5O2. The second-order valence-electron chi connectivity index (χ2n) is 4.79. The van der Waals surface area contributed by atoms with Crippen LogP contribution in [0, 0.1) is 6.92 Å². The largest absolute Gasteiger partial charge is 0.385 e. The van der Waals surface area contributed by atoms with Gasteiger partial charge in [-0.15, -0.1) is 24.0 Å². The van der Waals surface area contributed by atoms with Gasteiger partial charge in [-0.3, -0.25) is 9.79 Å². The van der Waals surface area contributed by atoms with Crippen LogP contribution in [-0.4, -0.2) is 50.7 Å². The van der Waals surface area contributed by atoms with Crippen molar-refractivity contribution in [1.82, 2.24) is 15.6 Å². The first-order chi connectivity index (χ1) is 10.7. The smallest absolute Gasteiger partial charge is 0.227 e. The standard InChI is InChI=1S/C15H25N5O2.HI/c1-12-5-6-13(19-11-12)20-14(21)7-9-18-15(16-2)17-8-4-10-22-3;/h5-6,11H,4,7-10H2,1-3H3,(H2,16,17,18)(H,19,20,21);1H. The van der Waals surface area contributed by atoms with Crippen molar-refractivity contribution in [2.75, 3.05) is 39.2 Å². The molecule has 0 radical (unpaired) electrons. The minimum absolute atomic E-state index is 0. The number of carbonyl (C=O) groups excluding carboxylic acids is 1. The first-order valence-electron chi connectivity index (χ1n) is 7.31. The fraction of sp³-hybridized carbons (Fsp3) is 0.533. The fourth-order valence-electron chi connectivity index (χ4n) is 1.69. The van der Waals surface area contributed by atoms with E-state index in [-0.39, 0.29) is 29.9 Å². The molecule has 0 fully saturated rings. The van der Waals surface area contributed by atoms with E-state index in [0.29, 0.717) is 31.3 Å². The van der Waals surface area contributed by atoms with E-state index >= 15 is 0 Å². The molecule has 1 aromatic rings. The summed E-state index contributed by atoms with van der Waals surface area (Å²) in [6.45, 7) is 3.93. The van der Waals surface area contributed by atoms with E-state index in [2.05, 4.69) is 25.9 Å². The van der Waals surface area contributed by atoms with Gasteiger partial charge in [0.05, 0.1) is 0 Å². The van der Waals surface area contributed by atoms with E-state index in [1.54, 1.807) is 26.4 Å². The van der Waals surface area contributed by atoms with E-state index < -0.39 is 0 Å². The summed E-state index contributed by atoms with van der Waals surface area (Å²) in [6.07, 6.45) is 2.96. The van der Waals surface area contributed by atoms with Gasteiger partial charge in [-0.2, -0.15) is 0 Å². The first-order valence-corrected chi connectivity index (χ1v) is 7.31. The predicted octanol–water partition coefficient (Wildman–Crippen LogP) is 1.54. The van der Waals surface area contributed by atoms with Crippen molar-refractivity contribution in [3.05, 3.63) is 23.9 Å². The number of carbonyl (C=O) groups is 1. The van der Waals surface area contributed by atoms with Crippen molar-refractivity contribution in [2.24, 2.45) is 4.99 Å². The van der Waals surface area contributed by atoms with Crippen molar-refractivity contribution in [3.8, 4) is 0 Å². The highest BCUT2D eigenvalue weighted by Gasteiger charge is 2.04. The number of nitrogens with zero attached hydrogens (tertiary/aromatic N) is 2. The van der Waals surface area contributed by atoms with Crippen LogP contribution in [0.15, 0.2) is 23.3 Å². The molecule has 8 heteroatoms. The summed E-state index contributed by atoms with van der Waals surface area (Å²) in [5.74, 6) is 1.16. The molecule has 1 aromatic heterocycles. The summed E-state index contributed by atoms with van der Waals surface area (Å²) >= 11 is 0. The number of hydrogen-bond donors (Lipinski definition) is 3. The third-order valence-corrected chi connectivity index (χ3v) is 2.86. The molecular weight excluding hydrogens is 409 g/mol. The second kappa shape index (κ2) is 13.1. The van der Waals surface area contributed by atoms with Gasteiger partial charge in [0.25, 0.3) is 0 Å². The number of pyridine rings is 1. The molecule has 3 N–H and O–H groups in total. The van der Waals surface area contributed by atoms with Crippen molar-refractivity contribution in [1.29, 1.82) is 0 Å². The number of aliphatic imine (C=N–C) groups is 1. The molecule has 0 atom stereocenters. The van der Waals surface area contributed by atoms with Crippen molar-refractivity contribution in [3.63, 3.8) is 0 Å². The number of rotatable bonds is 8. The number of halogens is 1. The van der Waals surface area contributed by atoms with Crippen LogP contribution in [0.4, 0.5) is 5.82 Å². The molecule has 0 aromatic carbocycles. The quantitative estimate of drug-likeness (QED) is 0.250. The Morgan fingerprint density at radius 1 is 1.30 bits per heavy atom. The van der Waals surface area contributed by atoms with Crippen molar-refractivity contribution >= 4 is 41.7 Å². The number of aromatic nitrogens is 1. The lowest BCUT2D eigenvalue weighted by Crippen LogP contribution is -2.39. The van der Waals surface area contributed by atoms with Crippen LogP contribution >= 0.6 is 24.0 Å². The molecule has 7 nitrogen and oxygen atoms in total. The lowest BCUT2D eigenvalue weighted by Gasteiger charge is -2.11. The van der Waals surface area contributed by atoms with Gasteiger partial charge in [0, 0.05) is 46.5 Å². The maximum absolute atomic E-state index is 11.8. The van der Waals surface area contributed by atoms with E-state index in [1.807, 2.05) is 13.0 Å². The zero-order valence-corrected chi connectivity index (χ0v) is 16.2. The van der Waals surface area contributed by atoms with Gasteiger partial charge in [-0.05, 0) is 25.0 Å². The Labute approximate surface area is 154 Å². The summed E-state index contributed by atoms with van der Waals surface area (Å²) in [4.78, 5) is 20.0. The molecule has 0 aliphatic carbocycles. The fourth-order valence-corrected chi connectivity index (χ4v) is 1.69. The minimum atomic E-state index is -0.0845. The van der Waals surface area contributed by atoms with E-state index in [9.17, 15) is 4.79 Å². The molecule has 0 saturated carbocycles.